The fourth-order valence-corrected chi connectivity index (χ4v) is 3.42. The van der Waals surface area contributed by atoms with Gasteiger partial charge in [-0.2, -0.15) is 0 Å². The Morgan fingerprint density at radius 1 is 0.808 bits per heavy atom. The normalized spacial score (nSPS) is 27.0. The van der Waals surface area contributed by atoms with Crippen LogP contribution in [0.5, 0.6) is 0 Å². The molecule has 1 fully saturated rings. The van der Waals surface area contributed by atoms with Crippen LogP contribution in [0, 0.1) is 5.92 Å². The van der Waals surface area contributed by atoms with E-state index in [1.54, 1.807) is 0 Å². The van der Waals surface area contributed by atoms with Gasteiger partial charge < -0.3 is 26.0 Å². The van der Waals surface area contributed by atoms with Gasteiger partial charge in [0.2, 0.25) is 23.6 Å². The molecule has 10 nitrogen and oxygen atoms in total. The number of carbonyl (C=O) groups is 5. The number of carbonyl (C=O) groups excluding carboxylic acids is 5. The van der Waals surface area contributed by atoms with Crippen LogP contribution in [0.25, 0.3) is 0 Å². The van der Waals surface area contributed by atoms with Gasteiger partial charge in [-0.15, -0.1) is 0 Å². The number of rotatable bonds is 5. The minimum absolute atomic E-state index is 0.490. The van der Waals surface area contributed by atoms with Gasteiger partial charge in [-0.3, -0.25) is 24.0 Å². The average molecular weight is 391 g/mol. The summed E-state index contributed by atoms with van der Waals surface area (Å²) in [5.41, 5.74) is -3.06. The van der Waals surface area contributed by atoms with Gasteiger partial charge in [-0.05, 0) is 6.92 Å². The number of ketones is 1. The van der Waals surface area contributed by atoms with Crippen molar-refractivity contribution in [2.45, 2.75) is 58.1 Å². The number of alkyl halides is 1. The maximum Gasteiger partial charge on any atom is 0.218 e. The van der Waals surface area contributed by atoms with Gasteiger partial charge in [0, 0.05) is 27.7 Å². The topological polar surface area (TPSA) is 143 Å². The highest BCUT2D eigenvalue weighted by Gasteiger charge is 2.60. The molecule has 0 unspecified atom stereocenters. The van der Waals surface area contributed by atoms with Crippen molar-refractivity contribution in [3.05, 3.63) is 0 Å². The second-order valence-electron chi connectivity index (χ2n) is 6.11. The number of hydrogen-bond donors (Lipinski definition) is 4. The average Bonchev–Trinajstić information content (AvgIpc) is 2.41. The molecule has 1 rings (SSSR count). The third-order valence-corrected chi connectivity index (χ3v) is 4.09. The molecule has 4 N–H and O–H groups in total. The van der Waals surface area contributed by atoms with Crippen molar-refractivity contribution >= 4 is 41.0 Å². The summed E-state index contributed by atoms with van der Waals surface area (Å²) in [6.45, 7) is 5.98. The number of nitrogens with one attached hydrogen (secondary N) is 4. The summed E-state index contributed by atoms with van der Waals surface area (Å²) in [4.78, 5) is 59.3. The molecule has 146 valence electrons. The van der Waals surface area contributed by atoms with Crippen molar-refractivity contribution in [1.82, 2.24) is 21.3 Å². The van der Waals surface area contributed by atoms with Crippen LogP contribution >= 0.6 is 11.6 Å². The molecule has 0 bridgehead atoms. The fourth-order valence-electron chi connectivity index (χ4n) is 3.11. The van der Waals surface area contributed by atoms with Gasteiger partial charge in [-0.25, -0.2) is 0 Å². The van der Waals surface area contributed by atoms with Gasteiger partial charge in [0.1, 0.15) is 5.78 Å². The summed E-state index contributed by atoms with van der Waals surface area (Å²) in [6.07, 6.45) is -1.35. The maximum atomic E-state index is 12.5. The maximum absolute atomic E-state index is 12.5. The molecule has 0 saturated carbocycles. The van der Waals surface area contributed by atoms with E-state index in [1.165, 1.54) is 34.6 Å². The molecule has 1 aliphatic heterocycles. The van der Waals surface area contributed by atoms with Gasteiger partial charge in [0.05, 0.1) is 12.0 Å². The molecule has 0 aromatic rings. The van der Waals surface area contributed by atoms with Crippen LogP contribution in [0.2, 0.25) is 0 Å². The molecule has 1 saturated heterocycles. The molecule has 11 heteroatoms. The highest BCUT2D eigenvalue weighted by Crippen LogP contribution is 2.35. The standard InChI is InChI=1S/C15H23ClN4O6/c1-6(21)11-12(17-7(2)22)13(16)26-14(18-8(3)23)15(11,19-9(4)24)20-10(5)25/h11-14H,1-5H3,(H,17,22)(H,18,23)(H,19,24)(H,20,25)/t11-,12+,13+,14-/m1/s1. The smallest absolute Gasteiger partial charge is 0.218 e. The Balaban J connectivity index is 3.60. The van der Waals surface area contributed by atoms with E-state index in [2.05, 4.69) is 21.3 Å². The zero-order valence-corrected chi connectivity index (χ0v) is 15.9. The number of amides is 4. The van der Waals surface area contributed by atoms with E-state index in [4.69, 9.17) is 16.3 Å². The Hall–Kier alpha value is -2.20. The van der Waals surface area contributed by atoms with Crippen molar-refractivity contribution in [3.63, 3.8) is 0 Å². The molecule has 4 atom stereocenters. The van der Waals surface area contributed by atoms with Crippen LogP contribution in [-0.2, 0) is 28.7 Å². The third kappa shape index (κ3) is 4.92. The van der Waals surface area contributed by atoms with Crippen LogP contribution in [0.4, 0.5) is 0 Å². The lowest BCUT2D eigenvalue weighted by Gasteiger charge is -2.52. The van der Waals surface area contributed by atoms with Gasteiger partial charge in [0.25, 0.3) is 0 Å². The molecule has 1 aliphatic rings. The molecular weight excluding hydrogens is 368 g/mol. The third-order valence-electron chi connectivity index (χ3n) is 3.72. The zero-order valence-electron chi connectivity index (χ0n) is 15.1. The minimum atomic E-state index is -1.85. The lowest BCUT2D eigenvalue weighted by atomic mass is 9.78. The van der Waals surface area contributed by atoms with E-state index in [0.29, 0.717) is 0 Å². The summed E-state index contributed by atoms with van der Waals surface area (Å²) < 4.78 is 5.55. The Morgan fingerprint density at radius 3 is 1.62 bits per heavy atom. The van der Waals surface area contributed by atoms with E-state index >= 15 is 0 Å². The molecule has 0 aromatic carbocycles. The van der Waals surface area contributed by atoms with Crippen molar-refractivity contribution in [3.8, 4) is 0 Å². The van der Waals surface area contributed by atoms with Crippen molar-refractivity contribution in [1.29, 1.82) is 0 Å². The molecule has 0 aliphatic carbocycles. The molecule has 0 radical (unpaired) electrons. The largest absolute Gasteiger partial charge is 0.349 e. The Labute approximate surface area is 155 Å². The number of halogens is 1. The molecule has 4 amide bonds. The lowest BCUT2D eigenvalue weighted by molar-refractivity contribution is -0.173. The summed E-state index contributed by atoms with van der Waals surface area (Å²) >= 11 is 6.18. The summed E-state index contributed by atoms with van der Waals surface area (Å²) in [6, 6.07) is -1.07. The van der Waals surface area contributed by atoms with E-state index in [-0.39, 0.29) is 0 Å². The van der Waals surface area contributed by atoms with E-state index in [9.17, 15) is 24.0 Å². The van der Waals surface area contributed by atoms with Crippen LogP contribution in [0.1, 0.15) is 34.6 Å². The molecule has 0 aromatic heterocycles. The van der Waals surface area contributed by atoms with E-state index < -0.39 is 58.8 Å². The van der Waals surface area contributed by atoms with Gasteiger partial charge in [-0.1, -0.05) is 11.6 Å². The first-order valence-corrected chi connectivity index (χ1v) is 8.26. The highest BCUT2D eigenvalue weighted by atomic mass is 35.5. The number of ether oxygens (including phenoxy) is 1. The molecule has 0 spiro atoms. The van der Waals surface area contributed by atoms with Crippen molar-refractivity contribution in [2.24, 2.45) is 5.92 Å². The lowest BCUT2D eigenvalue weighted by Crippen LogP contribution is -2.81. The predicted octanol–water partition coefficient (Wildman–Crippen LogP) is -1.28. The van der Waals surface area contributed by atoms with E-state index in [0.717, 1.165) is 0 Å². The number of Topliss-reactive ketones (excluding diaryl/α,β-unsaturated/α-hetero) is 1. The van der Waals surface area contributed by atoms with Crippen LogP contribution in [0.3, 0.4) is 0 Å². The van der Waals surface area contributed by atoms with Gasteiger partial charge in [0.15, 0.2) is 17.5 Å². The monoisotopic (exact) mass is 390 g/mol. The first-order chi connectivity index (χ1) is 11.9. The molecular formula is C15H23ClN4O6. The SMILES string of the molecule is CC(=O)N[C@H]1[C@@H](C(C)=O)C(NC(C)=O)(NC(C)=O)[C@H](NC(C)=O)O[C@@H]1Cl. The quantitative estimate of drug-likeness (QED) is 0.340. The molecule has 1 heterocycles. The summed E-state index contributed by atoms with van der Waals surface area (Å²) in [7, 11) is 0. The Kier molecular flexibility index (Phi) is 7.10. The van der Waals surface area contributed by atoms with Gasteiger partial charge >= 0.3 is 0 Å². The Morgan fingerprint density at radius 2 is 1.27 bits per heavy atom. The highest BCUT2D eigenvalue weighted by molar-refractivity contribution is 6.20. The first kappa shape index (κ1) is 21.8. The fraction of sp³-hybridized carbons (Fsp3) is 0.667. The van der Waals surface area contributed by atoms with E-state index in [1.807, 2.05) is 0 Å². The zero-order chi connectivity index (χ0) is 20.2. The Bertz CT molecular complexity index is 609. The second kappa shape index (κ2) is 8.45. The van der Waals surface area contributed by atoms with Crippen LogP contribution < -0.4 is 21.3 Å². The minimum Gasteiger partial charge on any atom is -0.349 e. The van der Waals surface area contributed by atoms with Crippen molar-refractivity contribution < 1.29 is 28.7 Å². The summed E-state index contributed by atoms with van der Waals surface area (Å²) in [5, 5.41) is 9.93. The molecule has 26 heavy (non-hydrogen) atoms. The number of hydrogen-bond acceptors (Lipinski definition) is 6. The first-order valence-electron chi connectivity index (χ1n) is 7.82. The second-order valence-corrected chi connectivity index (χ2v) is 6.54. The predicted molar refractivity (Wildman–Crippen MR) is 90.5 cm³/mol. The summed E-state index contributed by atoms with van der Waals surface area (Å²) in [5.74, 6) is -3.94. The van der Waals surface area contributed by atoms with Crippen LogP contribution in [0.15, 0.2) is 0 Å². The van der Waals surface area contributed by atoms with Crippen LogP contribution in [-0.4, -0.2) is 52.9 Å². The van der Waals surface area contributed by atoms with Crippen molar-refractivity contribution in [2.75, 3.05) is 0 Å².